The summed E-state index contributed by atoms with van der Waals surface area (Å²) >= 11 is 0. The van der Waals surface area contributed by atoms with Gasteiger partial charge in [0.1, 0.15) is 0 Å². The zero-order valence-corrected chi connectivity index (χ0v) is 16.4. The maximum atomic E-state index is 13.4. The molecule has 5 heteroatoms. The Morgan fingerprint density at radius 2 is 1.78 bits per heavy atom. The Kier molecular flexibility index (Phi) is 5.22. The molecule has 27 heavy (non-hydrogen) atoms. The van der Waals surface area contributed by atoms with Gasteiger partial charge in [0.05, 0.1) is 5.41 Å². The molecule has 0 spiro atoms. The predicted octanol–water partition coefficient (Wildman–Crippen LogP) is 2.31. The van der Waals surface area contributed by atoms with Crippen molar-refractivity contribution in [1.82, 2.24) is 15.1 Å². The number of piperazine rings is 1. The van der Waals surface area contributed by atoms with Crippen LogP contribution in [-0.2, 0) is 11.2 Å². The average Bonchev–Trinajstić information content (AvgIpc) is 3.18. The summed E-state index contributed by atoms with van der Waals surface area (Å²) in [5.41, 5.74) is 1.81. The van der Waals surface area contributed by atoms with E-state index in [0.717, 1.165) is 37.9 Å². The number of aryl methyl sites for hydroxylation is 1. The van der Waals surface area contributed by atoms with Gasteiger partial charge in [0, 0.05) is 38.3 Å². The molecule has 4 rings (SSSR count). The summed E-state index contributed by atoms with van der Waals surface area (Å²) in [6, 6.07) is 7.91. The first kappa shape index (κ1) is 18.5. The molecule has 2 amide bonds. The summed E-state index contributed by atoms with van der Waals surface area (Å²) in [5.74, 6) is 0.910. The highest BCUT2D eigenvalue weighted by atomic mass is 16.2. The number of carbonyl (C=O) groups is 2. The van der Waals surface area contributed by atoms with Crippen molar-refractivity contribution in [1.29, 1.82) is 0 Å². The van der Waals surface area contributed by atoms with Gasteiger partial charge in [-0.05, 0) is 49.4 Å². The lowest BCUT2D eigenvalue weighted by molar-refractivity contribution is -0.146. The first-order chi connectivity index (χ1) is 13.1. The Hall–Kier alpha value is -1.88. The topological polar surface area (TPSA) is 52.7 Å². The molecule has 5 nitrogen and oxygen atoms in total. The van der Waals surface area contributed by atoms with Crippen LogP contribution in [0.15, 0.2) is 24.3 Å². The molecule has 2 saturated heterocycles. The van der Waals surface area contributed by atoms with E-state index in [1.165, 1.54) is 18.4 Å². The van der Waals surface area contributed by atoms with Crippen molar-refractivity contribution in [3.63, 3.8) is 0 Å². The molecule has 0 radical (unpaired) electrons. The standard InChI is InChI=1S/C22H31N3O2/c1-2-17-6-8-18(9-7-17)20(26)24-11-13-25(14-12-24)21(27)22-10-4-3-5-19(22)15-23-16-22/h6-9,19,23H,2-5,10-16H2,1H3/t19-,22+/m0/s1. The van der Waals surface area contributed by atoms with Gasteiger partial charge in [-0.3, -0.25) is 9.59 Å². The van der Waals surface area contributed by atoms with Gasteiger partial charge in [-0.15, -0.1) is 0 Å². The molecule has 2 aliphatic heterocycles. The molecule has 3 fully saturated rings. The quantitative estimate of drug-likeness (QED) is 0.890. The second-order valence-electron chi connectivity index (χ2n) is 8.36. The molecule has 0 bridgehead atoms. The second kappa shape index (κ2) is 7.63. The van der Waals surface area contributed by atoms with E-state index in [1.807, 2.05) is 34.1 Å². The number of benzene rings is 1. The largest absolute Gasteiger partial charge is 0.339 e. The lowest BCUT2D eigenvalue weighted by Crippen LogP contribution is -2.56. The maximum absolute atomic E-state index is 13.4. The van der Waals surface area contributed by atoms with Gasteiger partial charge in [0.2, 0.25) is 5.91 Å². The first-order valence-electron chi connectivity index (χ1n) is 10.5. The number of amides is 2. The number of nitrogens with one attached hydrogen (secondary N) is 1. The first-order valence-corrected chi connectivity index (χ1v) is 10.5. The molecule has 1 N–H and O–H groups in total. The van der Waals surface area contributed by atoms with Gasteiger partial charge in [-0.25, -0.2) is 0 Å². The summed E-state index contributed by atoms with van der Waals surface area (Å²) in [7, 11) is 0. The van der Waals surface area contributed by atoms with Crippen LogP contribution < -0.4 is 5.32 Å². The summed E-state index contributed by atoms with van der Waals surface area (Å²) in [6.45, 7) is 6.52. The van der Waals surface area contributed by atoms with Crippen molar-refractivity contribution in [2.45, 2.75) is 39.0 Å². The Labute approximate surface area is 162 Å². The molecular weight excluding hydrogens is 338 g/mol. The fraction of sp³-hybridized carbons (Fsp3) is 0.636. The molecular formula is C22H31N3O2. The molecule has 1 aromatic carbocycles. The summed E-state index contributed by atoms with van der Waals surface area (Å²) < 4.78 is 0. The fourth-order valence-electron chi connectivity index (χ4n) is 5.16. The Bertz CT molecular complexity index is 694. The van der Waals surface area contributed by atoms with Gasteiger partial charge >= 0.3 is 0 Å². The number of hydrogen-bond donors (Lipinski definition) is 1. The Morgan fingerprint density at radius 3 is 2.48 bits per heavy atom. The van der Waals surface area contributed by atoms with Gasteiger partial charge < -0.3 is 15.1 Å². The van der Waals surface area contributed by atoms with Gasteiger partial charge in [-0.1, -0.05) is 31.9 Å². The summed E-state index contributed by atoms with van der Waals surface area (Å²) in [5, 5.41) is 3.47. The molecule has 1 aromatic rings. The molecule has 1 saturated carbocycles. The van der Waals surface area contributed by atoms with Crippen LogP contribution in [0.1, 0.15) is 48.5 Å². The predicted molar refractivity (Wildman–Crippen MR) is 106 cm³/mol. The highest BCUT2D eigenvalue weighted by Gasteiger charge is 2.51. The lowest BCUT2D eigenvalue weighted by atomic mass is 9.67. The van der Waals surface area contributed by atoms with Crippen LogP contribution in [0.2, 0.25) is 0 Å². The third kappa shape index (κ3) is 3.38. The van der Waals surface area contributed by atoms with Crippen LogP contribution >= 0.6 is 0 Å². The smallest absolute Gasteiger partial charge is 0.253 e. The van der Waals surface area contributed by atoms with Gasteiger partial charge in [0.15, 0.2) is 0 Å². The number of rotatable bonds is 3. The monoisotopic (exact) mass is 369 g/mol. The van der Waals surface area contributed by atoms with Gasteiger partial charge in [0.25, 0.3) is 5.91 Å². The highest BCUT2D eigenvalue weighted by Crippen LogP contribution is 2.45. The van der Waals surface area contributed by atoms with Crippen LogP contribution in [0, 0.1) is 11.3 Å². The fourth-order valence-corrected chi connectivity index (χ4v) is 5.16. The van der Waals surface area contributed by atoms with Crippen LogP contribution in [0.25, 0.3) is 0 Å². The number of carbonyl (C=O) groups excluding carboxylic acids is 2. The van der Waals surface area contributed by atoms with E-state index < -0.39 is 0 Å². The zero-order chi connectivity index (χ0) is 18.9. The van der Waals surface area contributed by atoms with E-state index >= 15 is 0 Å². The van der Waals surface area contributed by atoms with Crippen molar-refractivity contribution >= 4 is 11.8 Å². The summed E-state index contributed by atoms with van der Waals surface area (Å²) in [4.78, 5) is 30.0. The minimum atomic E-state index is -0.180. The lowest BCUT2D eigenvalue weighted by Gasteiger charge is -2.43. The minimum absolute atomic E-state index is 0.0843. The van der Waals surface area contributed by atoms with Crippen LogP contribution in [0.5, 0.6) is 0 Å². The Balaban J connectivity index is 1.38. The van der Waals surface area contributed by atoms with Crippen molar-refractivity contribution in [3.05, 3.63) is 35.4 Å². The molecule has 0 unspecified atom stereocenters. The molecule has 3 aliphatic rings. The third-order valence-electron chi connectivity index (χ3n) is 6.93. The number of fused-ring (bicyclic) bond motifs is 1. The highest BCUT2D eigenvalue weighted by molar-refractivity contribution is 5.94. The number of hydrogen-bond acceptors (Lipinski definition) is 3. The van der Waals surface area contributed by atoms with E-state index in [2.05, 4.69) is 12.2 Å². The normalized spacial score (nSPS) is 28.1. The molecule has 1 aliphatic carbocycles. The van der Waals surface area contributed by atoms with E-state index in [0.29, 0.717) is 38.0 Å². The van der Waals surface area contributed by atoms with Crippen molar-refractivity contribution in [2.24, 2.45) is 11.3 Å². The van der Waals surface area contributed by atoms with Crippen molar-refractivity contribution in [3.8, 4) is 0 Å². The van der Waals surface area contributed by atoms with Crippen molar-refractivity contribution < 1.29 is 9.59 Å². The Morgan fingerprint density at radius 1 is 1.07 bits per heavy atom. The summed E-state index contributed by atoms with van der Waals surface area (Å²) in [6.07, 6.45) is 5.58. The average molecular weight is 370 g/mol. The third-order valence-corrected chi connectivity index (χ3v) is 6.93. The second-order valence-corrected chi connectivity index (χ2v) is 8.36. The van der Waals surface area contributed by atoms with Crippen molar-refractivity contribution in [2.75, 3.05) is 39.3 Å². The molecule has 2 heterocycles. The van der Waals surface area contributed by atoms with E-state index in [-0.39, 0.29) is 11.3 Å². The minimum Gasteiger partial charge on any atom is -0.339 e. The van der Waals surface area contributed by atoms with Crippen LogP contribution in [0.3, 0.4) is 0 Å². The van der Waals surface area contributed by atoms with E-state index in [9.17, 15) is 9.59 Å². The molecule has 146 valence electrons. The molecule has 0 aromatic heterocycles. The van der Waals surface area contributed by atoms with Crippen LogP contribution in [0.4, 0.5) is 0 Å². The van der Waals surface area contributed by atoms with E-state index in [1.54, 1.807) is 0 Å². The van der Waals surface area contributed by atoms with Crippen LogP contribution in [-0.4, -0.2) is 60.9 Å². The number of nitrogens with zero attached hydrogens (tertiary/aromatic N) is 2. The molecule has 2 atom stereocenters. The maximum Gasteiger partial charge on any atom is 0.253 e. The van der Waals surface area contributed by atoms with Gasteiger partial charge in [-0.2, -0.15) is 0 Å². The van der Waals surface area contributed by atoms with E-state index in [4.69, 9.17) is 0 Å². The SMILES string of the molecule is CCc1ccc(C(=O)N2CCN(C(=O)[C@@]34CCCC[C@H]3CNC4)CC2)cc1. The zero-order valence-electron chi connectivity index (χ0n) is 16.4.